The monoisotopic (exact) mass is 963 g/mol. The van der Waals surface area contributed by atoms with E-state index in [4.69, 9.17) is 18.9 Å². The van der Waals surface area contributed by atoms with E-state index in [1.54, 1.807) is 0 Å². The summed E-state index contributed by atoms with van der Waals surface area (Å²) in [5.74, 6) is -1.09. The summed E-state index contributed by atoms with van der Waals surface area (Å²) < 4.78 is 23.4. The highest BCUT2D eigenvalue weighted by atomic mass is 16.6. The predicted octanol–water partition coefficient (Wildman–Crippen LogP) is 17.9. The topological polar surface area (TPSA) is 108 Å². The quantitative estimate of drug-likeness (QED) is 0.0365. The summed E-state index contributed by atoms with van der Waals surface area (Å²) in [5.41, 5.74) is 0. The van der Waals surface area contributed by atoms with Gasteiger partial charge in [-0.3, -0.25) is 14.4 Å². The molecule has 0 radical (unpaired) electrons. The van der Waals surface area contributed by atoms with Crippen LogP contribution in [0.15, 0.2) is 0 Å². The lowest BCUT2D eigenvalue weighted by Crippen LogP contribution is -2.46. The number of carbonyl (C=O) groups excluding carboxylic acids is 3. The molecule has 1 aliphatic rings. The summed E-state index contributed by atoms with van der Waals surface area (Å²) in [5, 5.41) is 10.9. The molecule has 68 heavy (non-hydrogen) atoms. The number of carbonyl (C=O) groups is 3. The first-order valence-electron chi connectivity index (χ1n) is 30.3. The summed E-state index contributed by atoms with van der Waals surface area (Å²) in [6.45, 7) is 6.58. The molecule has 0 spiro atoms. The van der Waals surface area contributed by atoms with E-state index < -0.39 is 24.4 Å². The van der Waals surface area contributed by atoms with Gasteiger partial charge in [0.2, 0.25) is 0 Å². The van der Waals surface area contributed by atoms with Gasteiger partial charge in [0, 0.05) is 19.3 Å². The Morgan fingerprint density at radius 2 is 0.662 bits per heavy atom. The van der Waals surface area contributed by atoms with Crippen LogP contribution in [0, 0.1) is 0 Å². The molecule has 1 heterocycles. The first-order valence-corrected chi connectivity index (χ1v) is 30.3. The molecule has 0 saturated carbocycles. The molecule has 0 aromatic heterocycles. The van der Waals surface area contributed by atoms with Gasteiger partial charge < -0.3 is 24.1 Å². The number of hydrogen-bond donors (Lipinski definition) is 1. The van der Waals surface area contributed by atoms with Gasteiger partial charge in [-0.2, -0.15) is 0 Å². The zero-order valence-corrected chi connectivity index (χ0v) is 45.5. The van der Waals surface area contributed by atoms with Crippen LogP contribution in [0.4, 0.5) is 0 Å². The molecule has 4 atom stereocenters. The Balaban J connectivity index is 2.45. The van der Waals surface area contributed by atoms with Crippen molar-refractivity contribution < 1.29 is 38.4 Å². The van der Waals surface area contributed by atoms with Gasteiger partial charge in [-0.1, -0.05) is 290 Å². The lowest BCUT2D eigenvalue weighted by Gasteiger charge is -2.28. The van der Waals surface area contributed by atoms with Crippen molar-refractivity contribution in [3.8, 4) is 0 Å². The van der Waals surface area contributed by atoms with Crippen LogP contribution < -0.4 is 0 Å². The lowest BCUT2D eigenvalue weighted by atomic mass is 10.0. The van der Waals surface area contributed by atoms with Crippen LogP contribution in [0.25, 0.3) is 0 Å². The largest absolute Gasteiger partial charge is 0.462 e. The second kappa shape index (κ2) is 50.3. The molecule has 0 aromatic rings. The van der Waals surface area contributed by atoms with Crippen molar-refractivity contribution in [1.29, 1.82) is 0 Å². The number of aliphatic hydroxyl groups excluding tert-OH is 1. The maximum absolute atomic E-state index is 13.2. The number of ether oxygens (including phenoxy) is 4. The Kier molecular flexibility index (Phi) is 47.6. The fourth-order valence-corrected chi connectivity index (χ4v) is 9.89. The number of unbranched alkanes of at least 4 members (excludes halogenated alkanes) is 42. The van der Waals surface area contributed by atoms with Crippen LogP contribution in [0.1, 0.15) is 329 Å². The highest BCUT2D eigenvalue weighted by molar-refractivity contribution is 5.71. The van der Waals surface area contributed by atoms with E-state index in [0.717, 1.165) is 57.8 Å². The van der Waals surface area contributed by atoms with E-state index in [-0.39, 0.29) is 44.0 Å². The zero-order valence-electron chi connectivity index (χ0n) is 45.5. The van der Waals surface area contributed by atoms with Crippen LogP contribution in [-0.2, 0) is 33.3 Å². The Morgan fingerprint density at radius 1 is 0.397 bits per heavy atom. The van der Waals surface area contributed by atoms with Crippen molar-refractivity contribution in [1.82, 2.24) is 0 Å². The van der Waals surface area contributed by atoms with Crippen LogP contribution in [0.5, 0.6) is 0 Å². The number of rotatable bonds is 53. The average molecular weight is 964 g/mol. The fourth-order valence-electron chi connectivity index (χ4n) is 9.89. The van der Waals surface area contributed by atoms with Crippen LogP contribution >= 0.6 is 0 Å². The van der Waals surface area contributed by atoms with Crippen molar-refractivity contribution >= 4 is 17.9 Å². The Hall–Kier alpha value is -1.67. The SMILES string of the molecule is CCCCCCCCCCCCCCCCCC(=O)OCC(OC(=O)CCCCCCCCCCCCCCCCC)C1OCC(O)C1OC(=O)CCCCCCCCCCCCCCCCC. The van der Waals surface area contributed by atoms with E-state index in [1.165, 1.54) is 231 Å². The van der Waals surface area contributed by atoms with Gasteiger partial charge in [0.05, 0.1) is 6.61 Å². The number of hydrogen-bond acceptors (Lipinski definition) is 8. The third-order valence-electron chi connectivity index (χ3n) is 14.4. The molecule has 0 aromatic carbocycles. The molecule has 1 saturated heterocycles. The van der Waals surface area contributed by atoms with Crippen molar-refractivity contribution in [2.75, 3.05) is 13.2 Å². The summed E-state index contributed by atoms with van der Waals surface area (Å²) in [6, 6.07) is 0. The molecule has 402 valence electrons. The van der Waals surface area contributed by atoms with Gasteiger partial charge in [-0.25, -0.2) is 0 Å². The normalized spacial score (nSPS) is 16.3. The van der Waals surface area contributed by atoms with Gasteiger partial charge >= 0.3 is 17.9 Å². The molecule has 8 heteroatoms. The third kappa shape index (κ3) is 41.0. The van der Waals surface area contributed by atoms with Gasteiger partial charge in [0.25, 0.3) is 0 Å². The molecular formula is C60H114O8. The van der Waals surface area contributed by atoms with Crippen LogP contribution in [0.2, 0.25) is 0 Å². The van der Waals surface area contributed by atoms with Crippen LogP contribution in [0.3, 0.4) is 0 Å². The molecule has 1 aliphatic heterocycles. The molecule has 0 aliphatic carbocycles. The highest BCUT2D eigenvalue weighted by Crippen LogP contribution is 2.26. The molecule has 1 N–H and O–H groups in total. The molecule has 0 amide bonds. The van der Waals surface area contributed by atoms with Crippen molar-refractivity contribution in [2.24, 2.45) is 0 Å². The van der Waals surface area contributed by atoms with E-state index in [2.05, 4.69) is 20.8 Å². The lowest BCUT2D eigenvalue weighted by molar-refractivity contribution is -0.177. The second-order valence-electron chi connectivity index (χ2n) is 21.1. The third-order valence-corrected chi connectivity index (χ3v) is 14.4. The maximum atomic E-state index is 13.2. The molecule has 8 nitrogen and oxygen atoms in total. The highest BCUT2D eigenvalue weighted by Gasteiger charge is 2.46. The van der Waals surface area contributed by atoms with Crippen molar-refractivity contribution in [3.05, 3.63) is 0 Å². The van der Waals surface area contributed by atoms with Gasteiger partial charge in [0.15, 0.2) is 12.2 Å². The minimum atomic E-state index is -1.04. The maximum Gasteiger partial charge on any atom is 0.306 e. The number of esters is 3. The van der Waals surface area contributed by atoms with E-state index in [9.17, 15) is 19.5 Å². The molecule has 4 unspecified atom stereocenters. The Morgan fingerprint density at radius 3 is 0.971 bits per heavy atom. The first kappa shape index (κ1) is 64.3. The first-order chi connectivity index (χ1) is 33.4. The van der Waals surface area contributed by atoms with E-state index >= 15 is 0 Å². The predicted molar refractivity (Wildman–Crippen MR) is 285 cm³/mol. The van der Waals surface area contributed by atoms with E-state index in [0.29, 0.717) is 6.42 Å². The summed E-state index contributed by atoms with van der Waals surface area (Å²) in [6.07, 6.45) is 53.4. The fraction of sp³-hybridized carbons (Fsp3) is 0.950. The second-order valence-corrected chi connectivity index (χ2v) is 21.1. The van der Waals surface area contributed by atoms with Gasteiger partial charge in [-0.15, -0.1) is 0 Å². The minimum Gasteiger partial charge on any atom is -0.462 e. The minimum absolute atomic E-state index is 0.0399. The molecule has 1 fully saturated rings. The van der Waals surface area contributed by atoms with Crippen LogP contribution in [-0.4, -0.2) is 60.6 Å². The number of aliphatic hydroxyl groups is 1. The van der Waals surface area contributed by atoms with Gasteiger partial charge in [-0.05, 0) is 19.3 Å². The van der Waals surface area contributed by atoms with E-state index in [1.807, 2.05) is 0 Å². The molecule has 0 bridgehead atoms. The average Bonchev–Trinajstić information content (AvgIpc) is 3.69. The molecule has 1 rings (SSSR count). The summed E-state index contributed by atoms with van der Waals surface area (Å²) in [4.78, 5) is 39.2. The smallest absolute Gasteiger partial charge is 0.306 e. The zero-order chi connectivity index (χ0) is 49.2. The van der Waals surface area contributed by atoms with Gasteiger partial charge in [0.1, 0.15) is 18.8 Å². The Bertz CT molecular complexity index is 1100. The van der Waals surface area contributed by atoms with Crippen molar-refractivity contribution in [3.63, 3.8) is 0 Å². The summed E-state index contributed by atoms with van der Waals surface area (Å²) in [7, 11) is 0. The van der Waals surface area contributed by atoms with Crippen molar-refractivity contribution in [2.45, 2.75) is 353 Å². The standard InChI is InChI=1S/C60H114O8/c1-4-7-10-13-16-19-22-25-28-31-34-37-40-43-46-49-56(62)65-53-55(67-57(63)50-47-44-41-38-35-32-29-26-23-20-17-14-11-8-5-2)60-59(54(61)52-66-60)68-58(64)51-48-45-42-39-36-33-30-27-24-21-18-15-12-9-6-3/h54-55,59-61H,4-53H2,1-3H3. The Labute approximate surface area is 421 Å². The molecular weight excluding hydrogens is 849 g/mol. The summed E-state index contributed by atoms with van der Waals surface area (Å²) >= 11 is 0.